The molecule has 29 heavy (non-hydrogen) atoms. The van der Waals surface area contributed by atoms with E-state index in [-0.39, 0.29) is 35.5 Å². The van der Waals surface area contributed by atoms with Crippen molar-refractivity contribution >= 4 is 35.8 Å². The van der Waals surface area contributed by atoms with Crippen LogP contribution in [0.5, 0.6) is 5.75 Å². The van der Waals surface area contributed by atoms with E-state index in [9.17, 15) is 4.79 Å². The third-order valence-electron chi connectivity index (χ3n) is 4.67. The lowest BCUT2D eigenvalue weighted by molar-refractivity contribution is -0.121. The summed E-state index contributed by atoms with van der Waals surface area (Å²) < 4.78 is 6.03. The Hall–Kier alpha value is -1.51. The van der Waals surface area contributed by atoms with E-state index in [0.717, 1.165) is 24.2 Å². The monoisotopic (exact) mass is 516 g/mol. The first-order valence-corrected chi connectivity index (χ1v) is 10.4. The van der Waals surface area contributed by atoms with Crippen LogP contribution in [-0.2, 0) is 11.3 Å². The van der Waals surface area contributed by atoms with Crippen molar-refractivity contribution in [3.63, 3.8) is 0 Å². The molecule has 0 unspecified atom stereocenters. The summed E-state index contributed by atoms with van der Waals surface area (Å²) in [6.45, 7) is 7.26. The molecular formula is C22H37IN4O2. The number of rotatable bonds is 7. The molecule has 0 bridgehead atoms. The predicted octanol–water partition coefficient (Wildman–Crippen LogP) is 3.99. The van der Waals surface area contributed by atoms with Gasteiger partial charge in [-0.15, -0.1) is 24.0 Å². The Balaban J connectivity index is 0.00000420. The number of guanidine groups is 1. The molecule has 164 valence electrons. The Morgan fingerprint density at radius 3 is 2.48 bits per heavy atom. The van der Waals surface area contributed by atoms with Crippen LogP contribution in [0.1, 0.15) is 64.9 Å². The predicted molar refractivity (Wildman–Crippen MR) is 130 cm³/mol. The van der Waals surface area contributed by atoms with Crippen LogP contribution in [0.15, 0.2) is 29.3 Å². The van der Waals surface area contributed by atoms with E-state index < -0.39 is 0 Å². The Kier molecular flexibility index (Phi) is 11.4. The Labute approximate surface area is 192 Å². The van der Waals surface area contributed by atoms with Crippen molar-refractivity contribution in [2.75, 3.05) is 13.6 Å². The number of halogens is 1. The molecule has 1 fully saturated rings. The highest BCUT2D eigenvalue weighted by Crippen LogP contribution is 2.22. The average Bonchev–Trinajstić information content (AvgIpc) is 2.65. The molecule has 1 aromatic carbocycles. The van der Waals surface area contributed by atoms with Gasteiger partial charge in [0.15, 0.2) is 5.96 Å². The van der Waals surface area contributed by atoms with Crippen molar-refractivity contribution in [3.8, 4) is 5.75 Å². The summed E-state index contributed by atoms with van der Waals surface area (Å²) in [6.07, 6.45) is 6.40. The minimum atomic E-state index is -0.248. The highest BCUT2D eigenvalue weighted by molar-refractivity contribution is 14.0. The van der Waals surface area contributed by atoms with Crippen molar-refractivity contribution in [2.24, 2.45) is 4.99 Å². The van der Waals surface area contributed by atoms with Crippen LogP contribution in [0.3, 0.4) is 0 Å². The quantitative estimate of drug-likeness (QED) is 0.291. The summed E-state index contributed by atoms with van der Waals surface area (Å²) in [5.74, 6) is 1.65. The van der Waals surface area contributed by atoms with Gasteiger partial charge in [-0.2, -0.15) is 0 Å². The van der Waals surface area contributed by atoms with Crippen molar-refractivity contribution in [2.45, 2.75) is 77.5 Å². The summed E-state index contributed by atoms with van der Waals surface area (Å²) in [4.78, 5) is 16.4. The molecule has 0 heterocycles. The number of para-hydroxylation sites is 1. The molecular weight excluding hydrogens is 479 g/mol. The lowest BCUT2D eigenvalue weighted by Crippen LogP contribution is -2.41. The molecule has 0 spiro atoms. The fourth-order valence-electron chi connectivity index (χ4n) is 3.32. The molecule has 3 N–H and O–H groups in total. The standard InChI is InChI=1S/C22H36N4O2.HI/c1-22(2,3)28-19-13-9-8-10-17(19)16-25-21(23-4)24-15-14-20(27)26-18-11-6-5-7-12-18;/h8-10,13,18H,5-7,11-12,14-16H2,1-4H3,(H,26,27)(H2,23,24,25);1H. The number of amides is 1. The summed E-state index contributed by atoms with van der Waals surface area (Å²) in [5.41, 5.74) is 0.817. The van der Waals surface area contributed by atoms with Gasteiger partial charge in [-0.1, -0.05) is 37.5 Å². The highest BCUT2D eigenvalue weighted by atomic mass is 127. The smallest absolute Gasteiger partial charge is 0.221 e. The van der Waals surface area contributed by atoms with Gasteiger partial charge in [0.2, 0.25) is 5.91 Å². The van der Waals surface area contributed by atoms with Crippen molar-refractivity contribution in [1.82, 2.24) is 16.0 Å². The molecule has 1 aromatic rings. The molecule has 0 aromatic heterocycles. The molecule has 1 amide bonds. The maximum atomic E-state index is 12.1. The number of benzene rings is 1. The number of hydrogen-bond acceptors (Lipinski definition) is 3. The molecule has 6 nitrogen and oxygen atoms in total. The Bertz CT molecular complexity index is 652. The van der Waals surface area contributed by atoms with Gasteiger partial charge in [0.25, 0.3) is 0 Å². The van der Waals surface area contributed by atoms with Gasteiger partial charge >= 0.3 is 0 Å². The highest BCUT2D eigenvalue weighted by Gasteiger charge is 2.16. The zero-order valence-corrected chi connectivity index (χ0v) is 20.5. The number of nitrogens with one attached hydrogen (secondary N) is 3. The van der Waals surface area contributed by atoms with E-state index in [2.05, 4.69) is 20.9 Å². The first-order chi connectivity index (χ1) is 13.4. The number of ether oxygens (including phenoxy) is 1. The number of hydrogen-bond donors (Lipinski definition) is 3. The Morgan fingerprint density at radius 1 is 1.14 bits per heavy atom. The van der Waals surface area contributed by atoms with Crippen LogP contribution in [0, 0.1) is 0 Å². The molecule has 0 radical (unpaired) electrons. The van der Waals surface area contributed by atoms with Gasteiger partial charge in [0.05, 0.1) is 0 Å². The second kappa shape index (κ2) is 12.9. The molecule has 7 heteroatoms. The second-order valence-electron chi connectivity index (χ2n) is 8.33. The van der Waals surface area contributed by atoms with Crippen LogP contribution < -0.4 is 20.7 Å². The summed E-state index contributed by atoms with van der Waals surface area (Å²) in [5, 5.41) is 9.65. The van der Waals surface area contributed by atoms with E-state index in [0.29, 0.717) is 31.5 Å². The van der Waals surface area contributed by atoms with Crippen LogP contribution in [0.25, 0.3) is 0 Å². The lowest BCUT2D eigenvalue weighted by Gasteiger charge is -2.23. The maximum Gasteiger partial charge on any atom is 0.221 e. The molecule has 0 atom stereocenters. The van der Waals surface area contributed by atoms with E-state index in [1.165, 1.54) is 19.3 Å². The van der Waals surface area contributed by atoms with Crippen LogP contribution in [0.2, 0.25) is 0 Å². The maximum absolute atomic E-state index is 12.1. The lowest BCUT2D eigenvalue weighted by atomic mass is 9.95. The number of carbonyl (C=O) groups excluding carboxylic acids is 1. The van der Waals surface area contributed by atoms with Crippen LogP contribution in [0.4, 0.5) is 0 Å². The number of nitrogens with zero attached hydrogens (tertiary/aromatic N) is 1. The normalized spacial score (nSPS) is 15.2. The van der Waals surface area contributed by atoms with Crippen LogP contribution in [-0.4, -0.2) is 37.1 Å². The minimum Gasteiger partial charge on any atom is -0.488 e. The fraction of sp³-hybridized carbons (Fsp3) is 0.636. The van der Waals surface area contributed by atoms with Gasteiger partial charge in [-0.05, 0) is 39.7 Å². The van der Waals surface area contributed by atoms with Crippen molar-refractivity contribution in [1.29, 1.82) is 0 Å². The molecule has 2 rings (SSSR count). The van der Waals surface area contributed by atoms with E-state index in [4.69, 9.17) is 4.74 Å². The average molecular weight is 516 g/mol. The summed E-state index contributed by atoms with van der Waals surface area (Å²) >= 11 is 0. The van der Waals surface area contributed by atoms with Gasteiger partial charge in [-0.3, -0.25) is 9.79 Å². The zero-order valence-electron chi connectivity index (χ0n) is 18.2. The van der Waals surface area contributed by atoms with Gasteiger partial charge in [0, 0.05) is 38.2 Å². The minimum absolute atomic E-state index is 0. The second-order valence-corrected chi connectivity index (χ2v) is 8.33. The Morgan fingerprint density at radius 2 is 1.83 bits per heavy atom. The third-order valence-corrected chi connectivity index (χ3v) is 4.67. The van der Waals surface area contributed by atoms with Crippen molar-refractivity contribution < 1.29 is 9.53 Å². The SMILES string of the molecule is CN=C(NCCC(=O)NC1CCCCC1)NCc1ccccc1OC(C)(C)C.I. The van der Waals surface area contributed by atoms with Crippen LogP contribution >= 0.6 is 24.0 Å². The van der Waals surface area contributed by atoms with E-state index in [1.807, 2.05) is 45.0 Å². The molecule has 0 saturated heterocycles. The van der Waals surface area contributed by atoms with Gasteiger partial charge < -0.3 is 20.7 Å². The molecule has 1 aliphatic rings. The number of aliphatic imine (C=N–C) groups is 1. The summed E-state index contributed by atoms with van der Waals surface area (Å²) in [6, 6.07) is 8.35. The van der Waals surface area contributed by atoms with E-state index >= 15 is 0 Å². The van der Waals surface area contributed by atoms with E-state index in [1.54, 1.807) is 7.05 Å². The molecule has 1 saturated carbocycles. The first-order valence-electron chi connectivity index (χ1n) is 10.4. The fourth-order valence-corrected chi connectivity index (χ4v) is 3.32. The molecule has 0 aliphatic heterocycles. The van der Waals surface area contributed by atoms with Gasteiger partial charge in [0.1, 0.15) is 11.4 Å². The summed E-state index contributed by atoms with van der Waals surface area (Å²) in [7, 11) is 1.73. The zero-order chi connectivity index (χ0) is 20.4. The molecule has 1 aliphatic carbocycles. The van der Waals surface area contributed by atoms with Gasteiger partial charge in [-0.25, -0.2) is 0 Å². The topological polar surface area (TPSA) is 74.8 Å². The largest absolute Gasteiger partial charge is 0.488 e. The first kappa shape index (κ1) is 25.5. The third kappa shape index (κ3) is 10.2. The van der Waals surface area contributed by atoms with Crippen molar-refractivity contribution in [3.05, 3.63) is 29.8 Å². The number of carbonyl (C=O) groups is 1.